The van der Waals surface area contributed by atoms with Crippen molar-refractivity contribution >= 4 is 17.3 Å². The van der Waals surface area contributed by atoms with Crippen molar-refractivity contribution < 1.29 is 14.1 Å². The lowest BCUT2D eigenvalue weighted by molar-refractivity contribution is -0.384. The maximum Gasteiger partial charge on any atom is 0.295 e. The van der Waals surface area contributed by atoms with E-state index in [0.29, 0.717) is 12.5 Å². The summed E-state index contributed by atoms with van der Waals surface area (Å²) >= 11 is 0. The van der Waals surface area contributed by atoms with E-state index in [1.165, 1.54) is 13.0 Å². The molecule has 0 saturated carbocycles. The van der Waals surface area contributed by atoms with Crippen molar-refractivity contribution in [3.8, 4) is 0 Å². The van der Waals surface area contributed by atoms with Crippen molar-refractivity contribution in [3.63, 3.8) is 0 Å². The number of aryl methyl sites for hydroxylation is 1. The third-order valence-corrected chi connectivity index (χ3v) is 2.62. The summed E-state index contributed by atoms with van der Waals surface area (Å²) in [4.78, 5) is 21.7. The minimum Gasteiger partial charge on any atom is -0.371 e. The summed E-state index contributed by atoms with van der Waals surface area (Å²) in [6, 6.07) is 2.17. The van der Waals surface area contributed by atoms with Gasteiger partial charge in [0.15, 0.2) is 0 Å². The molecule has 0 spiro atoms. The van der Waals surface area contributed by atoms with Gasteiger partial charge in [0, 0.05) is 6.54 Å². The molecule has 110 valence electrons. The summed E-state index contributed by atoms with van der Waals surface area (Å²) in [5, 5.41) is 16.2. The molecule has 0 heterocycles. The van der Waals surface area contributed by atoms with Crippen molar-refractivity contribution in [2.24, 2.45) is 5.92 Å². The Labute approximate surface area is 116 Å². The quantitative estimate of drug-likeness (QED) is 0.619. The summed E-state index contributed by atoms with van der Waals surface area (Å²) < 4.78 is 13.3. The Kier molecular flexibility index (Phi) is 5.42. The molecule has 0 aliphatic carbocycles. The van der Waals surface area contributed by atoms with E-state index >= 15 is 0 Å². The molecule has 1 aromatic rings. The first-order valence-electron chi connectivity index (χ1n) is 6.26. The third kappa shape index (κ3) is 4.49. The largest absolute Gasteiger partial charge is 0.371 e. The molecule has 0 aliphatic rings. The molecular weight excluding hydrogens is 265 g/mol. The Morgan fingerprint density at radius 2 is 2.10 bits per heavy atom. The van der Waals surface area contributed by atoms with E-state index in [1.807, 2.05) is 13.8 Å². The van der Waals surface area contributed by atoms with Gasteiger partial charge in [-0.1, -0.05) is 13.8 Å². The molecule has 1 aromatic carbocycles. The molecule has 0 unspecified atom stereocenters. The number of nitro benzene ring substituents is 1. The average Bonchev–Trinajstić information content (AvgIpc) is 2.36. The van der Waals surface area contributed by atoms with Crippen LogP contribution in [0.5, 0.6) is 0 Å². The number of benzene rings is 1. The van der Waals surface area contributed by atoms with Crippen molar-refractivity contribution in [1.29, 1.82) is 0 Å². The van der Waals surface area contributed by atoms with Crippen LogP contribution in [0.15, 0.2) is 12.1 Å². The summed E-state index contributed by atoms with van der Waals surface area (Å²) in [5.41, 5.74) is 0.0269. The number of anilines is 1. The van der Waals surface area contributed by atoms with Gasteiger partial charge in [-0.25, -0.2) is 4.39 Å². The van der Waals surface area contributed by atoms with Crippen LogP contribution in [0.2, 0.25) is 0 Å². The summed E-state index contributed by atoms with van der Waals surface area (Å²) in [7, 11) is 0. The lowest BCUT2D eigenvalue weighted by Gasteiger charge is -2.10. The normalized spacial score (nSPS) is 10.4. The number of carbonyl (C=O) groups is 1. The molecule has 2 N–H and O–H groups in total. The van der Waals surface area contributed by atoms with Gasteiger partial charge in [0.25, 0.3) is 5.69 Å². The summed E-state index contributed by atoms with van der Waals surface area (Å²) in [6.07, 6.45) is 0. The molecule has 1 rings (SSSR count). The van der Waals surface area contributed by atoms with Crippen LogP contribution >= 0.6 is 0 Å². The minimum atomic E-state index is -0.684. The molecule has 6 nitrogen and oxygen atoms in total. The molecule has 0 atom stereocenters. The van der Waals surface area contributed by atoms with E-state index in [4.69, 9.17) is 0 Å². The highest BCUT2D eigenvalue weighted by atomic mass is 19.1. The van der Waals surface area contributed by atoms with E-state index in [2.05, 4.69) is 10.6 Å². The van der Waals surface area contributed by atoms with Gasteiger partial charge in [-0.2, -0.15) is 0 Å². The molecule has 0 saturated heterocycles. The molecule has 7 heteroatoms. The van der Waals surface area contributed by atoms with E-state index in [1.54, 1.807) is 0 Å². The number of halogens is 1. The van der Waals surface area contributed by atoms with Gasteiger partial charge in [-0.15, -0.1) is 0 Å². The number of hydrogen-bond acceptors (Lipinski definition) is 4. The van der Waals surface area contributed by atoms with Gasteiger partial charge in [0.05, 0.1) is 17.5 Å². The average molecular weight is 283 g/mol. The Bertz CT molecular complexity index is 518. The highest BCUT2D eigenvalue weighted by Crippen LogP contribution is 2.27. The van der Waals surface area contributed by atoms with E-state index < -0.39 is 10.7 Å². The monoisotopic (exact) mass is 283 g/mol. The van der Waals surface area contributed by atoms with Crippen molar-refractivity contribution in [1.82, 2.24) is 5.32 Å². The lowest BCUT2D eigenvalue weighted by atomic mass is 10.2. The smallest absolute Gasteiger partial charge is 0.295 e. The van der Waals surface area contributed by atoms with Crippen LogP contribution < -0.4 is 10.6 Å². The van der Waals surface area contributed by atoms with Crippen LogP contribution in [-0.2, 0) is 4.79 Å². The first-order valence-corrected chi connectivity index (χ1v) is 6.26. The van der Waals surface area contributed by atoms with Gasteiger partial charge < -0.3 is 10.6 Å². The van der Waals surface area contributed by atoms with E-state index in [-0.39, 0.29) is 29.4 Å². The second-order valence-electron chi connectivity index (χ2n) is 4.93. The second-order valence-corrected chi connectivity index (χ2v) is 4.93. The molecule has 0 radical (unpaired) electrons. The number of rotatable bonds is 6. The van der Waals surface area contributed by atoms with E-state index in [9.17, 15) is 19.3 Å². The van der Waals surface area contributed by atoms with E-state index in [0.717, 1.165) is 6.07 Å². The third-order valence-electron chi connectivity index (χ3n) is 2.62. The molecular formula is C13H18FN3O3. The predicted octanol–water partition coefficient (Wildman–Crippen LogP) is 2.23. The van der Waals surface area contributed by atoms with Crippen LogP contribution in [0, 0.1) is 28.8 Å². The maximum absolute atomic E-state index is 13.3. The zero-order valence-corrected chi connectivity index (χ0v) is 11.7. The van der Waals surface area contributed by atoms with Crippen molar-refractivity contribution in [2.45, 2.75) is 20.8 Å². The van der Waals surface area contributed by atoms with Crippen LogP contribution in [0.4, 0.5) is 15.8 Å². The molecule has 1 amide bonds. The topological polar surface area (TPSA) is 84.3 Å². The van der Waals surface area contributed by atoms with Gasteiger partial charge in [-0.05, 0) is 24.5 Å². The number of amides is 1. The first kappa shape index (κ1) is 15.9. The fourth-order valence-corrected chi connectivity index (χ4v) is 1.52. The lowest BCUT2D eigenvalue weighted by Crippen LogP contribution is -2.32. The van der Waals surface area contributed by atoms with Gasteiger partial charge in [0.1, 0.15) is 11.5 Å². The van der Waals surface area contributed by atoms with Crippen LogP contribution in [0.1, 0.15) is 19.4 Å². The van der Waals surface area contributed by atoms with Crippen molar-refractivity contribution in [3.05, 3.63) is 33.6 Å². The Balaban J connectivity index is 2.74. The highest BCUT2D eigenvalue weighted by Gasteiger charge is 2.17. The molecule has 0 aromatic heterocycles. The van der Waals surface area contributed by atoms with Gasteiger partial charge in [-0.3, -0.25) is 14.9 Å². The Morgan fingerprint density at radius 1 is 1.45 bits per heavy atom. The zero-order chi connectivity index (χ0) is 15.3. The molecule has 0 bridgehead atoms. The standard InChI is InChI=1S/C13H18FN3O3/c1-8(2)6-16-13(18)7-15-11-4-9(3)10(14)5-12(11)17(19)20/h4-5,8,15H,6-7H2,1-3H3,(H,16,18). The van der Waals surface area contributed by atoms with Crippen LogP contribution in [0.3, 0.4) is 0 Å². The summed E-state index contributed by atoms with van der Waals surface area (Å²) in [6.45, 7) is 5.86. The highest BCUT2D eigenvalue weighted by molar-refractivity contribution is 5.81. The van der Waals surface area contributed by atoms with Gasteiger partial charge in [0.2, 0.25) is 5.91 Å². The second kappa shape index (κ2) is 6.83. The predicted molar refractivity (Wildman–Crippen MR) is 74.1 cm³/mol. The first-order chi connectivity index (χ1) is 9.31. The summed E-state index contributed by atoms with van der Waals surface area (Å²) in [5.74, 6) is -0.595. The Morgan fingerprint density at radius 3 is 2.65 bits per heavy atom. The Hall–Kier alpha value is -2.18. The number of carbonyl (C=O) groups excluding carboxylic acids is 1. The van der Waals surface area contributed by atoms with Gasteiger partial charge >= 0.3 is 0 Å². The molecule has 0 fully saturated rings. The SMILES string of the molecule is Cc1cc(NCC(=O)NCC(C)C)c([N+](=O)[O-])cc1F. The zero-order valence-electron chi connectivity index (χ0n) is 11.7. The fraction of sp³-hybridized carbons (Fsp3) is 0.462. The number of hydrogen-bond donors (Lipinski definition) is 2. The molecule has 20 heavy (non-hydrogen) atoms. The number of nitrogens with one attached hydrogen (secondary N) is 2. The molecule has 0 aliphatic heterocycles. The minimum absolute atomic E-state index is 0.0986. The number of nitro groups is 1. The number of nitrogens with zero attached hydrogens (tertiary/aromatic N) is 1. The van der Waals surface area contributed by atoms with Crippen LogP contribution in [-0.4, -0.2) is 23.9 Å². The fourth-order valence-electron chi connectivity index (χ4n) is 1.52. The van der Waals surface area contributed by atoms with Crippen LogP contribution in [0.25, 0.3) is 0 Å². The maximum atomic E-state index is 13.3. The van der Waals surface area contributed by atoms with Crippen molar-refractivity contribution in [2.75, 3.05) is 18.4 Å².